The van der Waals surface area contributed by atoms with Crippen LogP contribution in [0.4, 0.5) is 0 Å². The predicted octanol–water partition coefficient (Wildman–Crippen LogP) is 0.861. The number of aryl methyl sites for hydroxylation is 1. The molecule has 0 atom stereocenters. The van der Waals surface area contributed by atoms with Crippen molar-refractivity contribution in [2.45, 2.75) is 25.2 Å². The van der Waals surface area contributed by atoms with Crippen LogP contribution in [0.3, 0.4) is 0 Å². The van der Waals surface area contributed by atoms with Crippen molar-refractivity contribution in [2.24, 2.45) is 5.73 Å². The summed E-state index contributed by atoms with van der Waals surface area (Å²) >= 11 is 4.84. The normalized spacial score (nSPS) is 11.1. The average molecular weight is 330 g/mol. The number of carbonyl (C=O) groups is 1. The minimum Gasteiger partial charge on any atom is -0.466 e. The molecule has 1 aromatic rings. The number of ether oxygens (including phenoxy) is 1. The standard InChI is InChI=1S/C13H18N2O4S2/c1-3-19-12(16)6-7-15-21(17,18)11-5-4-10(13(14)20)8-9(11)2/h4-5,8,15H,3,6-7H2,1-2H3,(H2,14,20). The molecule has 0 bridgehead atoms. The first-order valence-electron chi connectivity index (χ1n) is 6.33. The highest BCUT2D eigenvalue weighted by Crippen LogP contribution is 2.16. The molecule has 0 saturated heterocycles. The molecule has 0 spiro atoms. The molecule has 21 heavy (non-hydrogen) atoms. The maximum absolute atomic E-state index is 12.1. The number of rotatable bonds is 7. The van der Waals surface area contributed by atoms with E-state index < -0.39 is 16.0 Å². The van der Waals surface area contributed by atoms with Gasteiger partial charge in [-0.2, -0.15) is 0 Å². The number of sulfonamides is 1. The van der Waals surface area contributed by atoms with Crippen molar-refractivity contribution in [3.8, 4) is 0 Å². The van der Waals surface area contributed by atoms with Crippen LogP contribution in [0, 0.1) is 6.92 Å². The molecular weight excluding hydrogens is 312 g/mol. The fraction of sp³-hybridized carbons (Fsp3) is 0.385. The first kappa shape index (κ1) is 17.5. The number of benzene rings is 1. The summed E-state index contributed by atoms with van der Waals surface area (Å²) in [5, 5.41) is 0. The monoisotopic (exact) mass is 330 g/mol. The molecule has 0 radical (unpaired) electrons. The van der Waals surface area contributed by atoms with Crippen LogP contribution in [0.15, 0.2) is 23.1 Å². The Bertz CT molecular complexity index is 642. The Morgan fingerprint density at radius 1 is 1.43 bits per heavy atom. The molecule has 0 aromatic heterocycles. The molecular formula is C13H18N2O4S2. The Kier molecular flexibility index (Phi) is 6.25. The number of nitrogens with one attached hydrogen (secondary N) is 1. The summed E-state index contributed by atoms with van der Waals surface area (Å²) in [6.45, 7) is 3.60. The third kappa shape index (κ3) is 5.07. The van der Waals surface area contributed by atoms with Crippen molar-refractivity contribution in [3.05, 3.63) is 29.3 Å². The second-order valence-corrected chi connectivity index (χ2v) is 6.47. The summed E-state index contributed by atoms with van der Waals surface area (Å²) in [4.78, 5) is 11.5. The minimum atomic E-state index is -3.69. The Hall–Kier alpha value is -1.51. The highest BCUT2D eigenvalue weighted by molar-refractivity contribution is 7.89. The van der Waals surface area contributed by atoms with Gasteiger partial charge in [0.05, 0.1) is 17.9 Å². The summed E-state index contributed by atoms with van der Waals surface area (Å²) in [5.41, 5.74) is 6.63. The summed E-state index contributed by atoms with van der Waals surface area (Å²) in [5.74, 6) is -0.444. The zero-order chi connectivity index (χ0) is 16.0. The van der Waals surface area contributed by atoms with Crippen LogP contribution in [0.25, 0.3) is 0 Å². The molecule has 0 amide bonds. The van der Waals surface area contributed by atoms with Crippen LogP contribution in [0.1, 0.15) is 24.5 Å². The maximum Gasteiger partial charge on any atom is 0.307 e. The van der Waals surface area contributed by atoms with E-state index in [2.05, 4.69) is 4.72 Å². The highest BCUT2D eigenvalue weighted by Gasteiger charge is 2.17. The quantitative estimate of drug-likeness (QED) is 0.568. The van der Waals surface area contributed by atoms with E-state index >= 15 is 0 Å². The van der Waals surface area contributed by atoms with Crippen LogP contribution >= 0.6 is 12.2 Å². The Morgan fingerprint density at radius 2 is 2.10 bits per heavy atom. The molecule has 1 aromatic carbocycles. The molecule has 0 saturated carbocycles. The van der Waals surface area contributed by atoms with Crippen molar-refractivity contribution >= 4 is 33.2 Å². The Morgan fingerprint density at radius 3 is 2.62 bits per heavy atom. The largest absolute Gasteiger partial charge is 0.466 e. The van der Waals surface area contributed by atoms with Gasteiger partial charge in [0.15, 0.2) is 0 Å². The van der Waals surface area contributed by atoms with E-state index in [1.54, 1.807) is 26.0 Å². The van der Waals surface area contributed by atoms with E-state index in [4.69, 9.17) is 22.7 Å². The van der Waals surface area contributed by atoms with Gasteiger partial charge in [0.2, 0.25) is 10.0 Å². The number of esters is 1. The third-order valence-corrected chi connectivity index (χ3v) is 4.53. The van der Waals surface area contributed by atoms with Crippen molar-refractivity contribution < 1.29 is 17.9 Å². The molecule has 116 valence electrons. The van der Waals surface area contributed by atoms with Crippen LogP contribution in [0.2, 0.25) is 0 Å². The van der Waals surface area contributed by atoms with Gasteiger partial charge >= 0.3 is 5.97 Å². The summed E-state index contributed by atoms with van der Waals surface area (Å²) in [7, 11) is -3.69. The van der Waals surface area contributed by atoms with Crippen LogP contribution < -0.4 is 10.5 Å². The molecule has 8 heteroatoms. The lowest BCUT2D eigenvalue weighted by Crippen LogP contribution is -2.27. The van der Waals surface area contributed by atoms with E-state index in [0.29, 0.717) is 11.1 Å². The predicted molar refractivity (Wildman–Crippen MR) is 83.5 cm³/mol. The number of carbonyl (C=O) groups excluding carboxylic acids is 1. The van der Waals surface area contributed by atoms with Gasteiger partial charge in [-0.15, -0.1) is 0 Å². The second-order valence-electron chi connectivity index (χ2n) is 4.30. The van der Waals surface area contributed by atoms with Gasteiger partial charge in [0.1, 0.15) is 4.99 Å². The first-order valence-corrected chi connectivity index (χ1v) is 8.22. The number of nitrogens with two attached hydrogens (primary N) is 1. The van der Waals surface area contributed by atoms with Gasteiger partial charge in [0.25, 0.3) is 0 Å². The molecule has 0 aliphatic heterocycles. The van der Waals surface area contributed by atoms with E-state index in [1.165, 1.54) is 6.07 Å². The molecule has 6 nitrogen and oxygen atoms in total. The van der Waals surface area contributed by atoms with Crippen LogP contribution in [-0.2, 0) is 19.6 Å². The van der Waals surface area contributed by atoms with Gasteiger partial charge in [-0.1, -0.05) is 18.3 Å². The van der Waals surface area contributed by atoms with Crippen molar-refractivity contribution in [2.75, 3.05) is 13.2 Å². The van der Waals surface area contributed by atoms with E-state index in [0.717, 1.165) is 0 Å². The topological polar surface area (TPSA) is 98.5 Å². The minimum absolute atomic E-state index is 0.0162. The van der Waals surface area contributed by atoms with Crippen molar-refractivity contribution in [1.29, 1.82) is 0 Å². The van der Waals surface area contributed by atoms with E-state index in [1.807, 2.05) is 0 Å². The highest BCUT2D eigenvalue weighted by atomic mass is 32.2. The van der Waals surface area contributed by atoms with E-state index in [9.17, 15) is 13.2 Å². The van der Waals surface area contributed by atoms with Gasteiger partial charge < -0.3 is 10.5 Å². The number of hydrogen-bond donors (Lipinski definition) is 2. The first-order chi connectivity index (χ1) is 9.77. The van der Waals surface area contributed by atoms with Gasteiger partial charge in [0, 0.05) is 12.1 Å². The molecule has 0 aliphatic rings. The number of hydrogen-bond acceptors (Lipinski definition) is 5. The fourth-order valence-corrected chi connectivity index (χ4v) is 3.09. The Labute approximate surface area is 129 Å². The van der Waals surface area contributed by atoms with Crippen molar-refractivity contribution in [1.82, 2.24) is 4.72 Å². The second kappa shape index (κ2) is 7.48. The molecule has 0 unspecified atom stereocenters. The van der Waals surface area contributed by atoms with E-state index in [-0.39, 0.29) is 29.5 Å². The molecule has 0 heterocycles. The molecule has 0 fully saturated rings. The summed E-state index contributed by atoms with van der Waals surface area (Å²) < 4.78 is 31.4. The SMILES string of the molecule is CCOC(=O)CCNS(=O)(=O)c1ccc(C(N)=S)cc1C. The lowest BCUT2D eigenvalue weighted by Gasteiger charge is -2.10. The number of thiocarbonyl (C=S) groups is 1. The lowest BCUT2D eigenvalue weighted by molar-refractivity contribution is -0.142. The van der Waals surface area contributed by atoms with Gasteiger partial charge in [-0.05, 0) is 31.5 Å². The summed E-state index contributed by atoms with van der Waals surface area (Å²) in [6, 6.07) is 4.61. The average Bonchev–Trinajstić information content (AvgIpc) is 2.38. The fourth-order valence-electron chi connectivity index (χ4n) is 1.70. The molecule has 0 aliphatic carbocycles. The van der Waals surface area contributed by atoms with Crippen LogP contribution in [-0.4, -0.2) is 32.5 Å². The summed E-state index contributed by atoms with van der Waals surface area (Å²) in [6.07, 6.45) is -0.0168. The lowest BCUT2D eigenvalue weighted by atomic mass is 10.1. The zero-order valence-corrected chi connectivity index (χ0v) is 13.5. The zero-order valence-electron chi connectivity index (χ0n) is 11.9. The van der Waals surface area contributed by atoms with Crippen molar-refractivity contribution in [3.63, 3.8) is 0 Å². The Balaban J connectivity index is 2.79. The van der Waals surface area contributed by atoms with Gasteiger partial charge in [-0.3, -0.25) is 4.79 Å². The smallest absolute Gasteiger partial charge is 0.307 e. The van der Waals surface area contributed by atoms with Crippen LogP contribution in [0.5, 0.6) is 0 Å². The maximum atomic E-state index is 12.1. The third-order valence-electron chi connectivity index (χ3n) is 2.68. The van der Waals surface area contributed by atoms with Gasteiger partial charge in [-0.25, -0.2) is 13.1 Å². The molecule has 1 rings (SSSR count). The molecule has 3 N–H and O–H groups in total.